The molecule has 0 N–H and O–H groups in total. The molecule has 3 aliphatic heterocycles. The van der Waals surface area contributed by atoms with Crippen LogP contribution in [0.5, 0.6) is 0 Å². The van der Waals surface area contributed by atoms with Crippen LogP contribution in [0.1, 0.15) is 48.2 Å². The minimum atomic E-state index is -0.747. The van der Waals surface area contributed by atoms with E-state index >= 15 is 0 Å². The van der Waals surface area contributed by atoms with Crippen molar-refractivity contribution in [1.29, 1.82) is 0 Å². The molecule has 0 saturated carbocycles. The molecule has 1 spiro atoms. The van der Waals surface area contributed by atoms with Crippen LogP contribution >= 0.6 is 15.9 Å². The number of benzene rings is 3. The van der Waals surface area contributed by atoms with Gasteiger partial charge in [-0.25, -0.2) is 4.79 Å². The normalized spacial score (nSPS) is 23.9. The fourth-order valence-corrected chi connectivity index (χ4v) is 7.07. The molecule has 6 rings (SSSR count). The molecule has 0 aromatic heterocycles. The molecule has 0 radical (unpaired) electrons. The Kier molecular flexibility index (Phi) is 6.79. The first-order valence-electron chi connectivity index (χ1n) is 13.7. The zero-order valence-corrected chi connectivity index (χ0v) is 23.9. The third kappa shape index (κ3) is 4.46. The number of fused-ring (bicyclic) bond motifs is 4. The molecule has 6 nitrogen and oxygen atoms in total. The van der Waals surface area contributed by atoms with E-state index in [1.807, 2.05) is 6.92 Å². The molecule has 200 valence electrons. The molecule has 0 aliphatic carbocycles. The Balaban J connectivity index is 1.36. The Hall–Kier alpha value is -3.45. The molecule has 1 saturated heterocycles. The van der Waals surface area contributed by atoms with Crippen molar-refractivity contribution in [2.24, 2.45) is 16.4 Å². The molecule has 0 bridgehead atoms. The molecule has 7 heteroatoms. The number of amides is 1. The van der Waals surface area contributed by atoms with Crippen molar-refractivity contribution in [3.8, 4) is 0 Å². The Labute approximate surface area is 237 Å². The SMILES string of the molecule is CCOC(=O)c1ccc(N2N=C(C)[C@]3(Cc4cc(Br)ccc4N4CC[C@@H](Cc5ccccc5)C[C@H]43)C2=O)cc1. The summed E-state index contributed by atoms with van der Waals surface area (Å²) in [6.45, 7) is 5.02. The topological polar surface area (TPSA) is 62.2 Å². The minimum absolute atomic E-state index is 0.00451. The Morgan fingerprint density at radius 2 is 1.87 bits per heavy atom. The average Bonchev–Trinajstić information content (AvgIpc) is 3.19. The van der Waals surface area contributed by atoms with Gasteiger partial charge in [0.2, 0.25) is 0 Å². The number of anilines is 2. The molecule has 3 aromatic carbocycles. The average molecular weight is 587 g/mol. The van der Waals surface area contributed by atoms with E-state index in [0.29, 0.717) is 30.2 Å². The summed E-state index contributed by atoms with van der Waals surface area (Å²) in [6, 6.07) is 24.1. The lowest BCUT2D eigenvalue weighted by Gasteiger charge is -2.52. The van der Waals surface area contributed by atoms with E-state index in [9.17, 15) is 9.59 Å². The maximum absolute atomic E-state index is 14.5. The highest BCUT2D eigenvalue weighted by atomic mass is 79.9. The molecule has 3 aliphatic rings. The van der Waals surface area contributed by atoms with Gasteiger partial charge in [0.1, 0.15) is 5.41 Å². The van der Waals surface area contributed by atoms with Gasteiger partial charge in [-0.2, -0.15) is 10.1 Å². The summed E-state index contributed by atoms with van der Waals surface area (Å²) < 4.78 is 6.13. The Morgan fingerprint density at radius 3 is 2.62 bits per heavy atom. The third-order valence-electron chi connectivity index (χ3n) is 8.56. The number of hydrazone groups is 1. The van der Waals surface area contributed by atoms with Gasteiger partial charge in [0.25, 0.3) is 5.91 Å². The molecular formula is C32H32BrN3O3. The standard InChI is InChI=1S/C32H32BrN3O3/c1-3-39-30(37)24-9-12-27(13-10-24)36-31(38)32(21(2)34-36)20-25-19-26(33)11-14-28(25)35-16-15-23(18-29(32)35)17-22-7-5-4-6-8-22/h4-14,19,23,29H,3,15-18,20H2,1-2H3/t23-,29-,32-/m0/s1. The highest BCUT2D eigenvalue weighted by Gasteiger charge is 2.59. The first-order valence-corrected chi connectivity index (χ1v) is 14.5. The van der Waals surface area contributed by atoms with Gasteiger partial charge in [0, 0.05) is 22.7 Å². The number of carbonyl (C=O) groups excluding carboxylic acids is 2. The van der Waals surface area contributed by atoms with Gasteiger partial charge in [0.15, 0.2) is 0 Å². The zero-order valence-electron chi connectivity index (χ0n) is 22.3. The van der Waals surface area contributed by atoms with Crippen molar-refractivity contribution in [3.63, 3.8) is 0 Å². The van der Waals surface area contributed by atoms with Crippen LogP contribution in [0.3, 0.4) is 0 Å². The summed E-state index contributed by atoms with van der Waals surface area (Å²) in [5.74, 6) is 0.121. The number of halogens is 1. The maximum Gasteiger partial charge on any atom is 0.338 e. The summed E-state index contributed by atoms with van der Waals surface area (Å²) in [4.78, 5) is 29.1. The van der Waals surface area contributed by atoms with Crippen LogP contribution < -0.4 is 9.91 Å². The van der Waals surface area contributed by atoms with Gasteiger partial charge >= 0.3 is 5.97 Å². The Morgan fingerprint density at radius 1 is 1.10 bits per heavy atom. The third-order valence-corrected chi connectivity index (χ3v) is 9.05. The number of nitrogens with zero attached hydrogens (tertiary/aromatic N) is 3. The van der Waals surface area contributed by atoms with Crippen molar-refractivity contribution in [3.05, 3.63) is 94.0 Å². The second kappa shape index (κ2) is 10.3. The van der Waals surface area contributed by atoms with Crippen LogP contribution in [0.15, 0.2) is 82.4 Å². The molecule has 39 heavy (non-hydrogen) atoms. The highest BCUT2D eigenvalue weighted by molar-refractivity contribution is 9.10. The molecule has 3 aromatic rings. The van der Waals surface area contributed by atoms with E-state index in [0.717, 1.165) is 36.0 Å². The molecule has 0 unspecified atom stereocenters. The van der Waals surface area contributed by atoms with Gasteiger partial charge in [-0.1, -0.05) is 46.3 Å². The predicted molar refractivity (Wildman–Crippen MR) is 157 cm³/mol. The van der Waals surface area contributed by atoms with E-state index in [4.69, 9.17) is 9.84 Å². The van der Waals surface area contributed by atoms with Crippen molar-refractivity contribution in [1.82, 2.24) is 0 Å². The van der Waals surface area contributed by atoms with E-state index in [1.165, 1.54) is 16.8 Å². The number of hydrogen-bond acceptors (Lipinski definition) is 5. The second-order valence-electron chi connectivity index (χ2n) is 10.8. The van der Waals surface area contributed by atoms with Gasteiger partial charge in [-0.3, -0.25) is 4.79 Å². The zero-order chi connectivity index (χ0) is 27.1. The Bertz CT molecular complexity index is 1440. The molecule has 1 fully saturated rings. The first kappa shape index (κ1) is 25.8. The fraction of sp³-hybridized carbons (Fsp3) is 0.344. The number of piperidine rings is 1. The maximum atomic E-state index is 14.5. The van der Waals surface area contributed by atoms with Gasteiger partial charge in [-0.05, 0) is 99.0 Å². The predicted octanol–water partition coefficient (Wildman–Crippen LogP) is 6.42. The summed E-state index contributed by atoms with van der Waals surface area (Å²) in [6.07, 6.45) is 3.64. The molecule has 3 heterocycles. The summed E-state index contributed by atoms with van der Waals surface area (Å²) in [5.41, 5.74) is 4.96. The lowest BCUT2D eigenvalue weighted by Crippen LogP contribution is -2.62. The monoisotopic (exact) mass is 585 g/mol. The van der Waals surface area contributed by atoms with Crippen LogP contribution in [-0.2, 0) is 22.4 Å². The quantitative estimate of drug-likeness (QED) is 0.324. The van der Waals surface area contributed by atoms with Crippen molar-refractivity contribution >= 4 is 44.9 Å². The highest BCUT2D eigenvalue weighted by Crippen LogP contribution is 2.51. The van der Waals surface area contributed by atoms with Crippen LogP contribution in [0.4, 0.5) is 11.4 Å². The van der Waals surface area contributed by atoms with Crippen molar-refractivity contribution in [2.45, 2.75) is 45.6 Å². The number of esters is 1. The van der Waals surface area contributed by atoms with Crippen molar-refractivity contribution < 1.29 is 14.3 Å². The summed E-state index contributed by atoms with van der Waals surface area (Å²) in [5, 5.41) is 6.42. The van der Waals surface area contributed by atoms with Crippen LogP contribution in [0, 0.1) is 11.3 Å². The van der Waals surface area contributed by atoms with Crippen LogP contribution in [-0.4, -0.2) is 36.8 Å². The lowest BCUT2D eigenvalue weighted by atomic mass is 9.64. The molecule has 3 atom stereocenters. The molecular weight excluding hydrogens is 554 g/mol. The first-order chi connectivity index (χ1) is 18.9. The largest absolute Gasteiger partial charge is 0.462 e. The number of carbonyl (C=O) groups is 2. The van der Waals surface area contributed by atoms with Crippen LogP contribution in [0.25, 0.3) is 0 Å². The van der Waals surface area contributed by atoms with E-state index in [1.54, 1.807) is 36.2 Å². The number of hydrogen-bond donors (Lipinski definition) is 0. The lowest BCUT2D eigenvalue weighted by molar-refractivity contribution is -0.125. The van der Waals surface area contributed by atoms with E-state index < -0.39 is 5.41 Å². The number of ether oxygens (including phenoxy) is 1. The van der Waals surface area contributed by atoms with E-state index in [-0.39, 0.29) is 17.9 Å². The van der Waals surface area contributed by atoms with Gasteiger partial charge in [0.05, 0.1) is 23.6 Å². The summed E-state index contributed by atoms with van der Waals surface area (Å²) in [7, 11) is 0. The van der Waals surface area contributed by atoms with Gasteiger partial charge < -0.3 is 9.64 Å². The van der Waals surface area contributed by atoms with Crippen molar-refractivity contribution in [2.75, 3.05) is 23.1 Å². The second-order valence-corrected chi connectivity index (χ2v) is 11.7. The van der Waals surface area contributed by atoms with Crippen LogP contribution in [0.2, 0.25) is 0 Å². The summed E-state index contributed by atoms with van der Waals surface area (Å²) >= 11 is 3.65. The molecule has 1 amide bonds. The number of rotatable bonds is 5. The minimum Gasteiger partial charge on any atom is -0.462 e. The smallest absolute Gasteiger partial charge is 0.338 e. The van der Waals surface area contributed by atoms with Gasteiger partial charge in [-0.15, -0.1) is 0 Å². The fourth-order valence-electron chi connectivity index (χ4n) is 6.66. The van der Waals surface area contributed by atoms with E-state index in [2.05, 4.69) is 69.4 Å².